The minimum absolute atomic E-state index is 0.0231. The Hall–Kier alpha value is -2.68. The van der Waals surface area contributed by atoms with Crippen molar-refractivity contribution in [3.05, 3.63) is 59.4 Å². The van der Waals surface area contributed by atoms with Crippen LogP contribution in [0.1, 0.15) is 36.1 Å². The number of fused-ring (bicyclic) bond motifs is 3. The third kappa shape index (κ3) is 2.78. The van der Waals surface area contributed by atoms with Crippen LogP contribution in [0, 0.1) is 19.7 Å². The normalized spacial score (nSPS) is 16.8. The molecule has 4 rings (SSSR count). The number of pyridine rings is 2. The van der Waals surface area contributed by atoms with Crippen molar-refractivity contribution in [2.75, 3.05) is 0 Å². The fourth-order valence-corrected chi connectivity index (χ4v) is 3.55. The molecule has 0 N–H and O–H groups in total. The molecule has 3 aromatic heterocycles. The van der Waals surface area contributed by atoms with E-state index in [1.54, 1.807) is 6.07 Å². The van der Waals surface area contributed by atoms with E-state index in [-0.39, 0.29) is 6.42 Å². The highest BCUT2D eigenvalue weighted by Gasteiger charge is 2.21. The zero-order valence-corrected chi connectivity index (χ0v) is 15.6. The van der Waals surface area contributed by atoms with Gasteiger partial charge in [-0.05, 0) is 49.9 Å². The molecule has 0 saturated carbocycles. The molecule has 1 unspecified atom stereocenters. The van der Waals surface area contributed by atoms with Crippen molar-refractivity contribution in [2.45, 2.75) is 34.0 Å². The van der Waals surface area contributed by atoms with E-state index >= 15 is 0 Å². The highest BCUT2D eigenvalue weighted by molar-refractivity contribution is 6.08. The van der Waals surface area contributed by atoms with Gasteiger partial charge in [-0.25, -0.2) is 9.55 Å². The summed E-state index contributed by atoms with van der Waals surface area (Å²) in [5, 5.41) is 1.85. The molecule has 0 bridgehead atoms. The second kappa shape index (κ2) is 6.24. The minimum atomic E-state index is -2.39. The van der Waals surface area contributed by atoms with Gasteiger partial charge in [0, 0.05) is 33.6 Å². The Kier molecular flexibility index (Phi) is 3.03. The van der Waals surface area contributed by atoms with Gasteiger partial charge in [0.15, 0.2) is 11.8 Å². The van der Waals surface area contributed by atoms with Crippen LogP contribution in [-0.4, -0.2) is 4.98 Å². The molecule has 0 aliphatic carbocycles. The van der Waals surface area contributed by atoms with E-state index in [2.05, 4.69) is 47.8 Å². The van der Waals surface area contributed by atoms with Gasteiger partial charge in [-0.15, -0.1) is 0 Å². The van der Waals surface area contributed by atoms with Gasteiger partial charge in [0.25, 0.3) is 0 Å². The molecule has 3 heterocycles. The summed E-state index contributed by atoms with van der Waals surface area (Å²) in [4.78, 5) is 4.57. The monoisotopic (exact) mass is 349 g/mol. The fraction of sp³-hybridized carbons (Fsp3) is 0.304. The second-order valence-corrected chi connectivity index (χ2v) is 7.05. The number of rotatable bonds is 3. The first-order valence-electron chi connectivity index (χ1n) is 10.8. The topological polar surface area (TPSA) is 29.9 Å². The first-order chi connectivity index (χ1) is 14.0. The van der Waals surface area contributed by atoms with Gasteiger partial charge in [-0.3, -0.25) is 0 Å². The molecule has 3 heteroatoms. The van der Waals surface area contributed by atoms with Gasteiger partial charge in [-0.1, -0.05) is 25.9 Å². The average molecular weight is 349 g/mol. The summed E-state index contributed by atoms with van der Waals surface area (Å²) in [6.45, 7) is 3.15. The summed E-state index contributed by atoms with van der Waals surface area (Å²) < 4.78 is 39.3. The predicted octanol–water partition coefficient (Wildman–Crippen LogP) is 5.29. The molecule has 0 fully saturated rings. The Labute approximate surface area is 159 Å². The van der Waals surface area contributed by atoms with Crippen LogP contribution >= 0.6 is 0 Å². The van der Waals surface area contributed by atoms with E-state index in [9.17, 15) is 0 Å². The Morgan fingerprint density at radius 2 is 1.96 bits per heavy atom. The molecule has 0 spiro atoms. The van der Waals surface area contributed by atoms with E-state index in [0.29, 0.717) is 11.4 Å². The third-order valence-electron chi connectivity index (χ3n) is 4.76. The molecule has 0 aliphatic heterocycles. The summed E-state index contributed by atoms with van der Waals surface area (Å²) in [6, 6.07) is 12.0. The van der Waals surface area contributed by atoms with Crippen molar-refractivity contribution < 1.29 is 14.5 Å². The third-order valence-corrected chi connectivity index (χ3v) is 4.76. The molecular formula is C23H25N2O+. The van der Waals surface area contributed by atoms with Gasteiger partial charge >= 0.3 is 0 Å². The highest BCUT2D eigenvalue weighted by atomic mass is 16.3. The number of nitrogens with zero attached hydrogens (tertiary/aromatic N) is 2. The molecule has 0 amide bonds. The van der Waals surface area contributed by atoms with Gasteiger partial charge < -0.3 is 4.42 Å². The maximum atomic E-state index is 8.21. The van der Waals surface area contributed by atoms with E-state index < -0.39 is 12.7 Å². The molecule has 0 radical (unpaired) electrons. The average Bonchev–Trinajstić information content (AvgIpc) is 2.99. The minimum Gasteiger partial charge on any atom is -0.437 e. The van der Waals surface area contributed by atoms with Crippen molar-refractivity contribution in [1.29, 1.82) is 0 Å². The standard InChI is InChI=1S/C23H25N2O/c1-14(2)12-17-8-10-19-18-9-7-16(4)21(22(18)26-23(19)24-17)20-11-6-15(3)13-25(20)5/h6-11,13-14H,12H2,1-5H3/q+1/i1D3,14D. The number of aryl methyl sites for hydroxylation is 3. The van der Waals surface area contributed by atoms with Crippen LogP contribution in [0.5, 0.6) is 0 Å². The van der Waals surface area contributed by atoms with E-state index in [0.717, 1.165) is 33.2 Å². The van der Waals surface area contributed by atoms with Crippen molar-refractivity contribution in [1.82, 2.24) is 4.98 Å². The summed E-state index contributed by atoms with van der Waals surface area (Å²) in [6.07, 6.45) is 2.10. The molecule has 1 atom stereocenters. The van der Waals surface area contributed by atoms with Crippen LogP contribution < -0.4 is 4.57 Å². The Morgan fingerprint density at radius 1 is 1.15 bits per heavy atom. The quantitative estimate of drug-likeness (QED) is 0.471. The lowest BCUT2D eigenvalue weighted by Crippen LogP contribution is -2.31. The summed E-state index contributed by atoms with van der Waals surface area (Å²) in [5.74, 6) is -1.61. The van der Waals surface area contributed by atoms with Crippen LogP contribution in [-0.2, 0) is 13.5 Å². The summed E-state index contributed by atoms with van der Waals surface area (Å²) in [5.41, 5.74) is 6.10. The Bertz CT molecular complexity index is 1270. The SMILES string of the molecule is [2H]C([2H])([2H])C([2H])(C)Cc1ccc2c(n1)oc1c(-c3ccc(C)c[n+]3C)c(C)ccc12. The first kappa shape index (κ1) is 12.6. The van der Waals surface area contributed by atoms with Crippen LogP contribution in [0.2, 0.25) is 0 Å². The maximum Gasteiger partial charge on any atom is 0.227 e. The Morgan fingerprint density at radius 3 is 2.73 bits per heavy atom. The van der Waals surface area contributed by atoms with E-state index in [4.69, 9.17) is 9.90 Å². The van der Waals surface area contributed by atoms with Gasteiger partial charge in [0.05, 0.1) is 5.56 Å². The van der Waals surface area contributed by atoms with Crippen molar-refractivity contribution in [3.63, 3.8) is 0 Å². The smallest absolute Gasteiger partial charge is 0.227 e. The second-order valence-electron chi connectivity index (χ2n) is 7.05. The molecule has 0 saturated heterocycles. The molecule has 3 nitrogen and oxygen atoms in total. The molecule has 26 heavy (non-hydrogen) atoms. The number of benzene rings is 1. The lowest BCUT2D eigenvalue weighted by Gasteiger charge is -2.05. The van der Waals surface area contributed by atoms with Crippen molar-refractivity contribution >= 4 is 22.1 Å². The number of hydrogen-bond acceptors (Lipinski definition) is 2. The van der Waals surface area contributed by atoms with E-state index in [1.165, 1.54) is 12.5 Å². The molecule has 132 valence electrons. The lowest BCUT2D eigenvalue weighted by atomic mass is 10.0. The van der Waals surface area contributed by atoms with Gasteiger partial charge in [0.2, 0.25) is 11.4 Å². The first-order valence-corrected chi connectivity index (χ1v) is 8.76. The molecule has 1 aromatic carbocycles. The van der Waals surface area contributed by atoms with E-state index in [1.807, 2.05) is 19.2 Å². The Balaban J connectivity index is 1.89. The number of aromatic nitrogens is 2. The zero-order valence-electron chi connectivity index (χ0n) is 19.6. The van der Waals surface area contributed by atoms with Crippen molar-refractivity contribution in [2.24, 2.45) is 12.9 Å². The summed E-state index contributed by atoms with van der Waals surface area (Å²) >= 11 is 0. The van der Waals surface area contributed by atoms with Crippen LogP contribution in [0.25, 0.3) is 33.3 Å². The summed E-state index contributed by atoms with van der Waals surface area (Å²) in [7, 11) is 2.02. The fourth-order valence-electron chi connectivity index (χ4n) is 3.55. The van der Waals surface area contributed by atoms with Gasteiger partial charge in [-0.2, -0.15) is 0 Å². The van der Waals surface area contributed by atoms with Crippen molar-refractivity contribution in [3.8, 4) is 11.3 Å². The molecule has 0 aliphatic rings. The zero-order chi connectivity index (χ0) is 21.8. The van der Waals surface area contributed by atoms with Gasteiger partial charge in [0.1, 0.15) is 7.05 Å². The molecule has 4 aromatic rings. The lowest BCUT2D eigenvalue weighted by molar-refractivity contribution is -0.660. The highest BCUT2D eigenvalue weighted by Crippen LogP contribution is 2.36. The maximum absolute atomic E-state index is 8.21. The predicted molar refractivity (Wildman–Crippen MR) is 106 cm³/mol. The van der Waals surface area contributed by atoms with Crippen LogP contribution in [0.3, 0.4) is 0 Å². The molecular weight excluding hydrogens is 320 g/mol. The van der Waals surface area contributed by atoms with Crippen LogP contribution in [0.15, 0.2) is 47.0 Å². The number of hydrogen-bond donors (Lipinski definition) is 0. The largest absolute Gasteiger partial charge is 0.437 e. The van der Waals surface area contributed by atoms with Crippen LogP contribution in [0.4, 0.5) is 0 Å². The number of furan rings is 1.